The molecule has 8 nitrogen and oxygen atoms in total. The summed E-state index contributed by atoms with van der Waals surface area (Å²) in [7, 11) is 0. The van der Waals surface area contributed by atoms with Gasteiger partial charge in [-0.3, -0.25) is 14.4 Å². The summed E-state index contributed by atoms with van der Waals surface area (Å²) in [5, 5.41) is 5.37. The summed E-state index contributed by atoms with van der Waals surface area (Å²) in [6.07, 6.45) is 2.77. The van der Waals surface area contributed by atoms with Crippen LogP contribution in [0.15, 0.2) is 44.0 Å². The molecule has 0 aromatic carbocycles. The summed E-state index contributed by atoms with van der Waals surface area (Å²) in [5.41, 5.74) is 0. The highest BCUT2D eigenvalue weighted by Gasteiger charge is 2.25. The summed E-state index contributed by atoms with van der Waals surface area (Å²) >= 11 is 3.11. The number of hydrogen-bond acceptors (Lipinski definition) is 5. The lowest BCUT2D eigenvalue weighted by Crippen LogP contribution is -2.48. The maximum absolute atomic E-state index is 12.2. The highest BCUT2D eigenvalue weighted by atomic mass is 79.9. The minimum atomic E-state index is -0.454. The van der Waals surface area contributed by atoms with Crippen LogP contribution in [-0.4, -0.2) is 48.3 Å². The molecule has 9 heteroatoms. The van der Waals surface area contributed by atoms with Crippen LogP contribution in [0.5, 0.6) is 0 Å². The first-order chi connectivity index (χ1) is 12.5. The standard InChI is InChI=1S/C17H18BrN3O5/c18-14-4-3-12(26-14)16(23)19-10-15(22)20-11-5-7-21(8-6-11)17(24)13-2-1-9-25-13/h1-4,9,11H,5-8,10H2,(H,19,23)(H,20,22). The third-order valence-corrected chi connectivity index (χ3v) is 4.51. The van der Waals surface area contributed by atoms with Gasteiger partial charge in [-0.05, 0) is 53.0 Å². The van der Waals surface area contributed by atoms with Crippen LogP contribution < -0.4 is 10.6 Å². The smallest absolute Gasteiger partial charge is 0.289 e. The molecule has 0 saturated carbocycles. The Morgan fingerprint density at radius 2 is 1.92 bits per heavy atom. The predicted molar refractivity (Wildman–Crippen MR) is 94.5 cm³/mol. The van der Waals surface area contributed by atoms with Crippen molar-refractivity contribution in [3.8, 4) is 0 Å². The average molecular weight is 424 g/mol. The Hall–Kier alpha value is -2.55. The molecule has 3 rings (SSSR count). The lowest BCUT2D eigenvalue weighted by molar-refractivity contribution is -0.121. The van der Waals surface area contributed by atoms with Crippen LogP contribution in [0.3, 0.4) is 0 Å². The van der Waals surface area contributed by atoms with Crippen molar-refractivity contribution >= 4 is 33.7 Å². The summed E-state index contributed by atoms with van der Waals surface area (Å²) in [6, 6.07) is 6.40. The van der Waals surface area contributed by atoms with E-state index < -0.39 is 5.91 Å². The molecule has 0 bridgehead atoms. The molecule has 2 N–H and O–H groups in total. The van der Waals surface area contributed by atoms with Gasteiger partial charge in [-0.2, -0.15) is 0 Å². The third kappa shape index (κ3) is 4.54. The normalized spacial score (nSPS) is 14.9. The zero-order chi connectivity index (χ0) is 18.5. The van der Waals surface area contributed by atoms with Crippen LogP contribution in [-0.2, 0) is 4.79 Å². The Morgan fingerprint density at radius 1 is 1.15 bits per heavy atom. The van der Waals surface area contributed by atoms with Gasteiger partial charge in [-0.15, -0.1) is 0 Å². The number of amides is 3. The molecule has 2 aromatic heterocycles. The summed E-state index contributed by atoms with van der Waals surface area (Å²) in [5.74, 6) is -0.421. The van der Waals surface area contributed by atoms with Gasteiger partial charge in [0.25, 0.3) is 11.8 Å². The van der Waals surface area contributed by atoms with Crippen molar-refractivity contribution in [3.05, 3.63) is 46.7 Å². The molecule has 1 saturated heterocycles. The van der Waals surface area contributed by atoms with Crippen molar-refractivity contribution in [1.82, 2.24) is 15.5 Å². The Labute approximate surface area is 158 Å². The molecule has 2 aromatic rings. The molecular weight excluding hydrogens is 406 g/mol. The molecule has 3 heterocycles. The molecule has 0 atom stereocenters. The number of piperidine rings is 1. The zero-order valence-corrected chi connectivity index (χ0v) is 15.5. The van der Waals surface area contributed by atoms with Crippen LogP contribution in [0.4, 0.5) is 0 Å². The topological polar surface area (TPSA) is 105 Å². The Morgan fingerprint density at radius 3 is 2.54 bits per heavy atom. The van der Waals surface area contributed by atoms with Gasteiger partial charge in [0.2, 0.25) is 5.91 Å². The first-order valence-corrected chi connectivity index (χ1v) is 8.98. The number of nitrogens with one attached hydrogen (secondary N) is 2. The fourth-order valence-corrected chi connectivity index (χ4v) is 3.05. The van der Waals surface area contributed by atoms with Crippen molar-refractivity contribution in [2.75, 3.05) is 19.6 Å². The highest BCUT2D eigenvalue weighted by Crippen LogP contribution is 2.15. The molecule has 138 valence electrons. The molecule has 1 aliphatic heterocycles. The van der Waals surface area contributed by atoms with Crippen LogP contribution >= 0.6 is 15.9 Å². The predicted octanol–water partition coefficient (Wildman–Crippen LogP) is 1.79. The van der Waals surface area contributed by atoms with Gasteiger partial charge >= 0.3 is 0 Å². The highest BCUT2D eigenvalue weighted by molar-refractivity contribution is 9.10. The second-order valence-corrected chi connectivity index (χ2v) is 6.68. The van der Waals surface area contributed by atoms with Gasteiger partial charge in [0.1, 0.15) is 0 Å². The second kappa shape index (κ2) is 8.22. The summed E-state index contributed by atoms with van der Waals surface area (Å²) in [4.78, 5) is 37.7. The van der Waals surface area contributed by atoms with Crippen molar-refractivity contribution in [3.63, 3.8) is 0 Å². The van der Waals surface area contributed by atoms with Gasteiger partial charge < -0.3 is 24.4 Å². The average Bonchev–Trinajstić information content (AvgIpc) is 3.31. The lowest BCUT2D eigenvalue weighted by Gasteiger charge is -2.31. The maximum Gasteiger partial charge on any atom is 0.289 e. The molecule has 0 aliphatic carbocycles. The second-order valence-electron chi connectivity index (χ2n) is 5.90. The maximum atomic E-state index is 12.2. The first kappa shape index (κ1) is 18.2. The third-order valence-electron chi connectivity index (χ3n) is 4.09. The molecule has 26 heavy (non-hydrogen) atoms. The fourth-order valence-electron chi connectivity index (χ4n) is 2.75. The van der Waals surface area contributed by atoms with Gasteiger partial charge in [0.15, 0.2) is 16.2 Å². The minimum absolute atomic E-state index is 0.0298. The lowest BCUT2D eigenvalue weighted by atomic mass is 10.0. The van der Waals surface area contributed by atoms with E-state index in [0.29, 0.717) is 36.4 Å². The van der Waals surface area contributed by atoms with Crippen molar-refractivity contribution in [2.45, 2.75) is 18.9 Å². The van der Waals surface area contributed by atoms with E-state index in [-0.39, 0.29) is 30.2 Å². The fraction of sp³-hybridized carbons (Fsp3) is 0.353. The van der Waals surface area contributed by atoms with Crippen LogP contribution in [0.1, 0.15) is 34.0 Å². The SMILES string of the molecule is O=C(CNC(=O)c1ccc(Br)o1)NC1CCN(C(=O)c2ccco2)CC1. The van der Waals surface area contributed by atoms with Gasteiger partial charge in [-0.1, -0.05) is 0 Å². The Bertz CT molecular complexity index is 778. The van der Waals surface area contributed by atoms with Crippen molar-refractivity contribution < 1.29 is 23.2 Å². The zero-order valence-electron chi connectivity index (χ0n) is 13.9. The number of carbonyl (C=O) groups is 3. The van der Waals surface area contributed by atoms with E-state index in [1.54, 1.807) is 23.1 Å². The summed E-state index contributed by atoms with van der Waals surface area (Å²) in [6.45, 7) is 0.942. The molecule has 0 unspecified atom stereocenters. The van der Waals surface area contributed by atoms with E-state index in [0.717, 1.165) is 0 Å². The van der Waals surface area contributed by atoms with E-state index in [9.17, 15) is 14.4 Å². The number of nitrogens with zero attached hydrogens (tertiary/aromatic N) is 1. The van der Waals surface area contributed by atoms with Crippen LogP contribution in [0.25, 0.3) is 0 Å². The van der Waals surface area contributed by atoms with Crippen molar-refractivity contribution in [1.29, 1.82) is 0 Å². The minimum Gasteiger partial charge on any atom is -0.459 e. The Kier molecular flexibility index (Phi) is 5.77. The van der Waals surface area contributed by atoms with Gasteiger partial charge in [0.05, 0.1) is 12.8 Å². The van der Waals surface area contributed by atoms with Crippen LogP contribution in [0, 0.1) is 0 Å². The van der Waals surface area contributed by atoms with E-state index >= 15 is 0 Å². The monoisotopic (exact) mass is 423 g/mol. The molecule has 0 radical (unpaired) electrons. The van der Waals surface area contributed by atoms with Crippen molar-refractivity contribution in [2.24, 2.45) is 0 Å². The molecule has 1 fully saturated rings. The van der Waals surface area contributed by atoms with E-state index in [1.807, 2.05) is 0 Å². The number of hydrogen-bond donors (Lipinski definition) is 2. The van der Waals surface area contributed by atoms with Crippen LogP contribution in [0.2, 0.25) is 0 Å². The largest absolute Gasteiger partial charge is 0.459 e. The van der Waals surface area contributed by atoms with E-state index in [1.165, 1.54) is 12.3 Å². The first-order valence-electron chi connectivity index (χ1n) is 8.18. The molecule has 3 amide bonds. The molecule has 1 aliphatic rings. The molecule has 0 spiro atoms. The van der Waals surface area contributed by atoms with E-state index in [2.05, 4.69) is 26.6 Å². The number of likely N-dealkylation sites (tertiary alicyclic amines) is 1. The Balaban J connectivity index is 1.39. The molecular formula is C17H18BrN3O5. The number of carbonyl (C=O) groups excluding carboxylic acids is 3. The van der Waals surface area contributed by atoms with Gasteiger partial charge in [-0.25, -0.2) is 0 Å². The van der Waals surface area contributed by atoms with E-state index in [4.69, 9.17) is 8.83 Å². The quantitative estimate of drug-likeness (QED) is 0.762. The number of furan rings is 2. The number of halogens is 1. The number of rotatable bonds is 5. The van der Waals surface area contributed by atoms with Gasteiger partial charge in [0, 0.05) is 19.1 Å². The summed E-state index contributed by atoms with van der Waals surface area (Å²) < 4.78 is 10.7.